The van der Waals surface area contributed by atoms with Crippen molar-refractivity contribution in [3.8, 4) is 0 Å². The van der Waals surface area contributed by atoms with Crippen LogP contribution in [0.1, 0.15) is 34.3 Å². The Morgan fingerprint density at radius 1 is 1.07 bits per heavy atom. The van der Waals surface area contributed by atoms with Gasteiger partial charge in [0.05, 0.1) is 11.4 Å². The molecule has 2 amide bonds. The lowest BCUT2D eigenvalue weighted by Crippen LogP contribution is -2.33. The third kappa shape index (κ3) is 5.65. The lowest BCUT2D eigenvalue weighted by molar-refractivity contribution is -0.115. The van der Waals surface area contributed by atoms with Gasteiger partial charge in [0.2, 0.25) is 15.9 Å². The molecule has 0 spiro atoms. The largest absolute Gasteiger partial charge is 0.343 e. The standard InChI is InChI=1S/C20H22BrN3O4S/c1-12-3-7-16(29(27,28)24-14-4-5-14)10-17(12)20(26)22-11-19(25)23-15-6-8-18(21)13(2)9-15/h3,6-10,14,24H,4-5,11H2,1-2H3,(H,22,26)(H,23,25). The average molecular weight is 480 g/mol. The first-order valence-electron chi connectivity index (χ1n) is 9.13. The molecule has 0 unspecified atom stereocenters. The minimum atomic E-state index is -3.66. The van der Waals surface area contributed by atoms with Crippen molar-refractivity contribution in [3.63, 3.8) is 0 Å². The van der Waals surface area contributed by atoms with Crippen LogP contribution in [0.25, 0.3) is 0 Å². The van der Waals surface area contributed by atoms with E-state index in [1.807, 2.05) is 19.1 Å². The van der Waals surface area contributed by atoms with E-state index < -0.39 is 15.9 Å². The number of anilines is 1. The van der Waals surface area contributed by atoms with Gasteiger partial charge >= 0.3 is 0 Å². The monoisotopic (exact) mass is 479 g/mol. The van der Waals surface area contributed by atoms with Crippen LogP contribution in [-0.2, 0) is 14.8 Å². The van der Waals surface area contributed by atoms with Gasteiger partial charge in [0.15, 0.2) is 0 Å². The molecule has 0 atom stereocenters. The molecule has 3 N–H and O–H groups in total. The number of hydrogen-bond donors (Lipinski definition) is 3. The summed E-state index contributed by atoms with van der Waals surface area (Å²) in [4.78, 5) is 24.7. The summed E-state index contributed by atoms with van der Waals surface area (Å²) in [5.74, 6) is -0.884. The van der Waals surface area contributed by atoms with Gasteiger partial charge in [-0.05, 0) is 68.1 Å². The smallest absolute Gasteiger partial charge is 0.252 e. The van der Waals surface area contributed by atoms with Crippen molar-refractivity contribution in [2.24, 2.45) is 0 Å². The highest BCUT2D eigenvalue weighted by molar-refractivity contribution is 9.10. The second-order valence-electron chi connectivity index (χ2n) is 7.07. The molecule has 0 radical (unpaired) electrons. The van der Waals surface area contributed by atoms with Crippen molar-refractivity contribution < 1.29 is 18.0 Å². The Labute approximate surface area is 178 Å². The Hall–Kier alpha value is -2.23. The molecule has 2 aromatic carbocycles. The molecule has 0 saturated heterocycles. The highest BCUT2D eigenvalue weighted by Crippen LogP contribution is 2.23. The van der Waals surface area contributed by atoms with E-state index in [0.29, 0.717) is 11.3 Å². The van der Waals surface area contributed by atoms with Gasteiger partial charge in [-0.2, -0.15) is 0 Å². The molecule has 0 aliphatic heterocycles. The summed E-state index contributed by atoms with van der Waals surface area (Å²) in [6.07, 6.45) is 1.65. The summed E-state index contributed by atoms with van der Waals surface area (Å²) in [5, 5.41) is 5.26. The third-order valence-electron chi connectivity index (χ3n) is 4.51. The van der Waals surface area contributed by atoms with E-state index >= 15 is 0 Å². The SMILES string of the molecule is Cc1cc(NC(=O)CNC(=O)c2cc(S(=O)(=O)NC3CC3)ccc2C)ccc1Br. The topological polar surface area (TPSA) is 104 Å². The fourth-order valence-corrected chi connectivity index (χ4v) is 4.26. The molecule has 3 rings (SSSR count). The number of halogens is 1. The van der Waals surface area contributed by atoms with E-state index in [4.69, 9.17) is 0 Å². The molecule has 154 valence electrons. The minimum Gasteiger partial charge on any atom is -0.343 e. The number of nitrogens with one attached hydrogen (secondary N) is 3. The first-order chi connectivity index (χ1) is 13.7. The Morgan fingerprint density at radius 2 is 1.79 bits per heavy atom. The Kier molecular flexibility index (Phi) is 6.40. The number of benzene rings is 2. The number of hydrogen-bond acceptors (Lipinski definition) is 4. The maximum atomic E-state index is 12.5. The number of aryl methyl sites for hydroxylation is 2. The van der Waals surface area contributed by atoms with Crippen LogP contribution in [0, 0.1) is 13.8 Å². The van der Waals surface area contributed by atoms with Gasteiger partial charge in [-0.25, -0.2) is 13.1 Å². The minimum absolute atomic E-state index is 0.0236. The van der Waals surface area contributed by atoms with Gasteiger partial charge in [-0.3, -0.25) is 9.59 Å². The van der Waals surface area contributed by atoms with Crippen LogP contribution in [0.3, 0.4) is 0 Å². The zero-order chi connectivity index (χ0) is 21.2. The zero-order valence-electron chi connectivity index (χ0n) is 16.1. The molecule has 7 nitrogen and oxygen atoms in total. The highest BCUT2D eigenvalue weighted by Gasteiger charge is 2.28. The fraction of sp³-hybridized carbons (Fsp3) is 0.300. The van der Waals surface area contributed by atoms with Crippen molar-refractivity contribution in [1.29, 1.82) is 0 Å². The summed E-state index contributed by atoms with van der Waals surface area (Å²) in [6.45, 7) is 3.39. The molecular formula is C20H22BrN3O4S. The van der Waals surface area contributed by atoms with Crippen LogP contribution in [0.4, 0.5) is 5.69 Å². The second kappa shape index (κ2) is 8.64. The molecular weight excluding hydrogens is 458 g/mol. The lowest BCUT2D eigenvalue weighted by atomic mass is 10.1. The van der Waals surface area contributed by atoms with E-state index in [9.17, 15) is 18.0 Å². The first kappa shape index (κ1) is 21.5. The van der Waals surface area contributed by atoms with E-state index in [2.05, 4.69) is 31.3 Å². The maximum absolute atomic E-state index is 12.5. The van der Waals surface area contributed by atoms with Gasteiger partial charge in [0.1, 0.15) is 0 Å². The van der Waals surface area contributed by atoms with Gasteiger partial charge in [-0.15, -0.1) is 0 Å². The molecule has 1 aliphatic carbocycles. The molecule has 29 heavy (non-hydrogen) atoms. The van der Waals surface area contributed by atoms with Crippen molar-refractivity contribution in [2.45, 2.75) is 37.6 Å². The highest BCUT2D eigenvalue weighted by atomic mass is 79.9. The van der Waals surface area contributed by atoms with Gasteiger partial charge in [-0.1, -0.05) is 22.0 Å². The van der Waals surface area contributed by atoms with E-state index in [1.165, 1.54) is 12.1 Å². The van der Waals surface area contributed by atoms with Crippen LogP contribution in [0.15, 0.2) is 45.8 Å². The van der Waals surface area contributed by atoms with E-state index in [0.717, 1.165) is 22.9 Å². The molecule has 9 heteroatoms. The van der Waals surface area contributed by atoms with E-state index in [-0.39, 0.29) is 29.0 Å². The molecule has 0 heterocycles. The molecule has 1 aliphatic rings. The predicted molar refractivity (Wildman–Crippen MR) is 114 cm³/mol. The fourth-order valence-electron chi connectivity index (χ4n) is 2.68. The number of carbonyl (C=O) groups is 2. The van der Waals surface area contributed by atoms with Crippen molar-refractivity contribution in [1.82, 2.24) is 10.0 Å². The quantitative estimate of drug-likeness (QED) is 0.567. The molecule has 0 aromatic heterocycles. The van der Waals surface area contributed by atoms with Gasteiger partial charge in [0, 0.05) is 21.8 Å². The number of carbonyl (C=O) groups excluding carboxylic acids is 2. The second-order valence-corrected chi connectivity index (χ2v) is 9.64. The molecule has 2 aromatic rings. The molecule has 1 saturated carbocycles. The third-order valence-corrected chi connectivity index (χ3v) is 6.92. The Balaban J connectivity index is 1.64. The van der Waals surface area contributed by atoms with E-state index in [1.54, 1.807) is 19.1 Å². The van der Waals surface area contributed by atoms with Crippen LogP contribution in [-0.4, -0.2) is 32.8 Å². The summed E-state index contributed by atoms with van der Waals surface area (Å²) in [6, 6.07) is 9.77. The number of rotatable bonds is 7. The Bertz CT molecular complexity index is 1070. The van der Waals surface area contributed by atoms with Crippen LogP contribution >= 0.6 is 15.9 Å². The Morgan fingerprint density at radius 3 is 2.45 bits per heavy atom. The van der Waals surface area contributed by atoms with Gasteiger partial charge in [0.25, 0.3) is 5.91 Å². The number of sulfonamides is 1. The predicted octanol–water partition coefficient (Wildman–Crippen LogP) is 2.88. The van der Waals surface area contributed by atoms with Crippen LogP contribution in [0.2, 0.25) is 0 Å². The average Bonchev–Trinajstić information content (AvgIpc) is 3.46. The molecule has 0 bridgehead atoms. The lowest BCUT2D eigenvalue weighted by Gasteiger charge is -2.11. The van der Waals surface area contributed by atoms with Crippen LogP contribution < -0.4 is 15.4 Å². The molecule has 1 fully saturated rings. The number of amides is 2. The summed E-state index contributed by atoms with van der Waals surface area (Å²) < 4.78 is 28.3. The maximum Gasteiger partial charge on any atom is 0.252 e. The van der Waals surface area contributed by atoms with Crippen molar-refractivity contribution in [2.75, 3.05) is 11.9 Å². The normalized spacial score (nSPS) is 13.8. The first-order valence-corrected chi connectivity index (χ1v) is 11.4. The zero-order valence-corrected chi connectivity index (χ0v) is 18.5. The summed E-state index contributed by atoms with van der Waals surface area (Å²) >= 11 is 3.40. The van der Waals surface area contributed by atoms with Crippen molar-refractivity contribution >= 4 is 43.5 Å². The van der Waals surface area contributed by atoms with Gasteiger partial charge < -0.3 is 10.6 Å². The van der Waals surface area contributed by atoms with Crippen LogP contribution in [0.5, 0.6) is 0 Å². The van der Waals surface area contributed by atoms with Crippen molar-refractivity contribution in [3.05, 3.63) is 57.6 Å². The summed E-state index contributed by atoms with van der Waals surface area (Å²) in [5.41, 5.74) is 2.44. The summed E-state index contributed by atoms with van der Waals surface area (Å²) in [7, 11) is -3.66.